The highest BCUT2D eigenvalue weighted by Crippen LogP contribution is 2.29. The molecule has 0 aromatic rings. The molecular formula is C10H19NO. The van der Waals surface area contributed by atoms with Crippen LogP contribution in [-0.4, -0.2) is 10.9 Å². The molecule has 0 amide bonds. The van der Waals surface area contributed by atoms with Gasteiger partial charge in [0.2, 0.25) is 0 Å². The predicted octanol–water partition coefficient (Wildman–Crippen LogP) is 3.05. The molecule has 0 aliphatic heterocycles. The van der Waals surface area contributed by atoms with E-state index in [1.165, 1.54) is 25.7 Å². The van der Waals surface area contributed by atoms with E-state index in [0.29, 0.717) is 11.8 Å². The molecule has 1 aliphatic rings. The maximum absolute atomic E-state index is 8.79. The van der Waals surface area contributed by atoms with Crippen LogP contribution in [0.2, 0.25) is 0 Å². The molecule has 0 aromatic heterocycles. The normalized spacial score (nSPS) is 34.0. The molecule has 2 heteroatoms. The Morgan fingerprint density at radius 1 is 1.50 bits per heavy atom. The van der Waals surface area contributed by atoms with Gasteiger partial charge in [0.05, 0.1) is 5.71 Å². The van der Waals surface area contributed by atoms with Gasteiger partial charge in [0.15, 0.2) is 0 Å². The lowest BCUT2D eigenvalue weighted by Gasteiger charge is -2.26. The molecule has 0 aromatic carbocycles. The number of nitrogens with zero attached hydrogens (tertiary/aromatic N) is 1. The van der Waals surface area contributed by atoms with Crippen molar-refractivity contribution in [3.05, 3.63) is 0 Å². The summed E-state index contributed by atoms with van der Waals surface area (Å²) in [7, 11) is 0. The van der Waals surface area contributed by atoms with Gasteiger partial charge in [-0.1, -0.05) is 25.4 Å². The highest BCUT2D eigenvalue weighted by Gasteiger charge is 2.23. The highest BCUT2D eigenvalue weighted by molar-refractivity contribution is 5.87. The Balaban J connectivity index is 2.51. The number of hydrogen-bond acceptors (Lipinski definition) is 2. The molecule has 2 nitrogen and oxygen atoms in total. The predicted molar refractivity (Wildman–Crippen MR) is 50.6 cm³/mol. The minimum Gasteiger partial charge on any atom is -0.411 e. The Bertz CT molecular complexity index is 165. The molecule has 0 bridgehead atoms. The maximum atomic E-state index is 8.79. The van der Waals surface area contributed by atoms with Crippen molar-refractivity contribution in [2.75, 3.05) is 0 Å². The van der Waals surface area contributed by atoms with Crippen molar-refractivity contribution < 1.29 is 5.21 Å². The summed E-state index contributed by atoms with van der Waals surface area (Å²) >= 11 is 0. The minimum absolute atomic E-state index is 0.566. The molecule has 1 fully saturated rings. The molecular weight excluding hydrogens is 150 g/mol. The van der Waals surface area contributed by atoms with Crippen molar-refractivity contribution in [3.63, 3.8) is 0 Å². The van der Waals surface area contributed by atoms with Crippen LogP contribution in [0.1, 0.15) is 46.0 Å². The van der Waals surface area contributed by atoms with Gasteiger partial charge in [-0.3, -0.25) is 0 Å². The summed E-state index contributed by atoms with van der Waals surface area (Å²) in [6, 6.07) is 0. The van der Waals surface area contributed by atoms with E-state index >= 15 is 0 Å². The van der Waals surface area contributed by atoms with E-state index in [4.69, 9.17) is 5.21 Å². The number of hydrogen-bond donors (Lipinski definition) is 1. The van der Waals surface area contributed by atoms with Crippen molar-refractivity contribution in [1.29, 1.82) is 0 Å². The smallest absolute Gasteiger partial charge is 0.0604 e. The van der Waals surface area contributed by atoms with Crippen LogP contribution in [0.4, 0.5) is 0 Å². The van der Waals surface area contributed by atoms with Gasteiger partial charge in [-0.05, 0) is 31.6 Å². The van der Waals surface area contributed by atoms with E-state index in [2.05, 4.69) is 19.0 Å². The van der Waals surface area contributed by atoms with E-state index in [1.54, 1.807) is 0 Å². The zero-order valence-corrected chi connectivity index (χ0v) is 8.08. The molecule has 0 spiro atoms. The molecule has 0 heterocycles. The fourth-order valence-electron chi connectivity index (χ4n) is 2.06. The van der Waals surface area contributed by atoms with Crippen LogP contribution in [0.25, 0.3) is 0 Å². The fourth-order valence-corrected chi connectivity index (χ4v) is 2.06. The van der Waals surface area contributed by atoms with Gasteiger partial charge < -0.3 is 5.21 Å². The molecule has 0 radical (unpaired) electrons. The second-order valence-electron chi connectivity index (χ2n) is 3.96. The zero-order chi connectivity index (χ0) is 8.97. The minimum atomic E-state index is 0.566. The third-order valence-electron chi connectivity index (χ3n) is 2.80. The Labute approximate surface area is 74.7 Å². The van der Waals surface area contributed by atoms with Crippen LogP contribution >= 0.6 is 0 Å². The lowest BCUT2D eigenvalue weighted by atomic mass is 9.79. The molecule has 1 N–H and O–H groups in total. The van der Waals surface area contributed by atoms with E-state index in [0.717, 1.165) is 12.1 Å². The third kappa shape index (κ3) is 2.23. The first-order valence-corrected chi connectivity index (χ1v) is 4.98. The van der Waals surface area contributed by atoms with Gasteiger partial charge in [-0.2, -0.15) is 0 Å². The van der Waals surface area contributed by atoms with E-state index in [1.807, 2.05) is 0 Å². The highest BCUT2D eigenvalue weighted by atomic mass is 16.4. The zero-order valence-electron chi connectivity index (χ0n) is 8.08. The first kappa shape index (κ1) is 9.56. The van der Waals surface area contributed by atoms with Gasteiger partial charge in [0.25, 0.3) is 0 Å². The first-order valence-electron chi connectivity index (χ1n) is 4.98. The molecule has 1 aliphatic carbocycles. The molecule has 70 valence electrons. The van der Waals surface area contributed by atoms with Crippen LogP contribution < -0.4 is 0 Å². The summed E-state index contributed by atoms with van der Waals surface area (Å²) in [5.74, 6) is 1.28. The van der Waals surface area contributed by atoms with Crippen molar-refractivity contribution in [2.45, 2.75) is 46.0 Å². The SMILES string of the molecule is CCCC1CCC(C)CC1=NO. The molecule has 1 saturated carbocycles. The summed E-state index contributed by atoms with van der Waals surface area (Å²) in [4.78, 5) is 0. The molecule has 2 unspecified atom stereocenters. The second-order valence-corrected chi connectivity index (χ2v) is 3.96. The summed E-state index contributed by atoms with van der Waals surface area (Å²) in [6.07, 6.45) is 5.89. The summed E-state index contributed by atoms with van der Waals surface area (Å²) in [6.45, 7) is 4.42. The maximum Gasteiger partial charge on any atom is 0.0604 e. The lowest BCUT2D eigenvalue weighted by Crippen LogP contribution is -2.23. The van der Waals surface area contributed by atoms with Crippen LogP contribution in [0.15, 0.2) is 5.16 Å². The van der Waals surface area contributed by atoms with Crippen molar-refractivity contribution >= 4 is 5.71 Å². The summed E-state index contributed by atoms with van der Waals surface area (Å²) in [5, 5.41) is 12.2. The monoisotopic (exact) mass is 169 g/mol. The molecule has 0 saturated heterocycles. The van der Waals surface area contributed by atoms with E-state index in [9.17, 15) is 0 Å². The summed E-state index contributed by atoms with van der Waals surface area (Å²) in [5.41, 5.74) is 1.04. The van der Waals surface area contributed by atoms with Gasteiger partial charge in [-0.25, -0.2) is 0 Å². The second kappa shape index (κ2) is 4.48. The van der Waals surface area contributed by atoms with Crippen LogP contribution in [0.5, 0.6) is 0 Å². The topological polar surface area (TPSA) is 32.6 Å². The van der Waals surface area contributed by atoms with Crippen molar-refractivity contribution in [2.24, 2.45) is 17.0 Å². The average Bonchev–Trinajstić information content (AvgIpc) is 2.08. The lowest BCUT2D eigenvalue weighted by molar-refractivity contribution is 0.300. The van der Waals surface area contributed by atoms with Gasteiger partial charge in [-0.15, -0.1) is 0 Å². The Morgan fingerprint density at radius 3 is 2.83 bits per heavy atom. The number of oxime groups is 1. The van der Waals surface area contributed by atoms with Gasteiger partial charge in [0, 0.05) is 5.92 Å². The molecule has 12 heavy (non-hydrogen) atoms. The molecule has 1 rings (SSSR count). The van der Waals surface area contributed by atoms with Gasteiger partial charge >= 0.3 is 0 Å². The largest absolute Gasteiger partial charge is 0.411 e. The average molecular weight is 169 g/mol. The van der Waals surface area contributed by atoms with Crippen molar-refractivity contribution in [1.82, 2.24) is 0 Å². The number of rotatable bonds is 2. The van der Waals surface area contributed by atoms with E-state index < -0.39 is 0 Å². The van der Waals surface area contributed by atoms with Gasteiger partial charge in [0.1, 0.15) is 0 Å². The van der Waals surface area contributed by atoms with Crippen molar-refractivity contribution in [3.8, 4) is 0 Å². The van der Waals surface area contributed by atoms with Crippen LogP contribution in [0.3, 0.4) is 0 Å². The summed E-state index contributed by atoms with van der Waals surface area (Å²) < 4.78 is 0. The molecule has 2 atom stereocenters. The Kier molecular flexibility index (Phi) is 3.57. The van der Waals surface area contributed by atoms with Crippen LogP contribution in [0, 0.1) is 11.8 Å². The standard InChI is InChI=1S/C10H19NO/c1-3-4-9-6-5-8(2)7-10(9)11-12/h8-9,12H,3-7H2,1-2H3. The third-order valence-corrected chi connectivity index (χ3v) is 2.80. The fraction of sp³-hybridized carbons (Fsp3) is 0.900. The Morgan fingerprint density at radius 2 is 2.25 bits per heavy atom. The first-order chi connectivity index (χ1) is 5.77. The quantitative estimate of drug-likeness (QED) is 0.500. The van der Waals surface area contributed by atoms with Crippen LogP contribution in [-0.2, 0) is 0 Å². The van der Waals surface area contributed by atoms with E-state index in [-0.39, 0.29) is 0 Å². The Hall–Kier alpha value is -0.530.